The van der Waals surface area contributed by atoms with E-state index in [9.17, 15) is 4.79 Å². The summed E-state index contributed by atoms with van der Waals surface area (Å²) in [5.41, 5.74) is 0.518. The second-order valence-corrected chi connectivity index (χ2v) is 3.94. The van der Waals surface area contributed by atoms with Crippen LogP contribution in [0.15, 0.2) is 22.9 Å². The van der Waals surface area contributed by atoms with Crippen molar-refractivity contribution in [3.63, 3.8) is 0 Å². The number of amides is 1. The molecule has 0 unspecified atom stereocenters. The van der Waals surface area contributed by atoms with Crippen LogP contribution in [0, 0.1) is 11.3 Å². The van der Waals surface area contributed by atoms with Crippen molar-refractivity contribution in [1.82, 2.24) is 9.88 Å². The molecule has 0 atom stereocenters. The Hall–Kier alpha value is -1.41. The van der Waals surface area contributed by atoms with Crippen LogP contribution in [0.5, 0.6) is 0 Å². The molecule has 1 aromatic rings. The van der Waals surface area contributed by atoms with E-state index < -0.39 is 0 Å². The van der Waals surface area contributed by atoms with Crippen molar-refractivity contribution < 1.29 is 4.79 Å². The Morgan fingerprint density at radius 2 is 2.40 bits per heavy atom. The van der Waals surface area contributed by atoms with E-state index in [0.29, 0.717) is 18.5 Å². The van der Waals surface area contributed by atoms with Crippen LogP contribution >= 0.6 is 15.9 Å². The number of aromatic nitrogens is 1. The molecule has 1 amide bonds. The number of carbonyl (C=O) groups is 1. The molecule has 0 spiro atoms. The van der Waals surface area contributed by atoms with Gasteiger partial charge in [-0.05, 0) is 22.0 Å². The summed E-state index contributed by atoms with van der Waals surface area (Å²) in [5.74, 6) is -0.126. The minimum Gasteiger partial charge on any atom is -0.341 e. The molecule has 15 heavy (non-hydrogen) atoms. The molecular formula is C10H10BrN3O. The van der Waals surface area contributed by atoms with Gasteiger partial charge in [0.15, 0.2) is 0 Å². The van der Waals surface area contributed by atoms with E-state index in [1.807, 2.05) is 6.07 Å². The lowest BCUT2D eigenvalue weighted by molar-refractivity contribution is 0.0797. The van der Waals surface area contributed by atoms with Crippen LogP contribution in [0.1, 0.15) is 16.8 Å². The Labute approximate surface area is 96.7 Å². The van der Waals surface area contributed by atoms with E-state index in [0.717, 1.165) is 4.47 Å². The Kier molecular flexibility index (Phi) is 4.25. The maximum atomic E-state index is 11.8. The highest BCUT2D eigenvalue weighted by Gasteiger charge is 2.11. The molecule has 0 saturated heterocycles. The SMILES string of the molecule is CN(CCC#N)C(=O)c1cncc(Br)c1. The van der Waals surface area contributed by atoms with Gasteiger partial charge < -0.3 is 4.90 Å². The smallest absolute Gasteiger partial charge is 0.255 e. The Balaban J connectivity index is 2.72. The number of hydrogen-bond donors (Lipinski definition) is 0. The van der Waals surface area contributed by atoms with Gasteiger partial charge in [-0.25, -0.2) is 0 Å². The second-order valence-electron chi connectivity index (χ2n) is 3.03. The molecule has 0 aliphatic heterocycles. The standard InChI is InChI=1S/C10H10BrN3O/c1-14(4-2-3-12)10(15)8-5-9(11)7-13-6-8/h5-7H,2,4H2,1H3. The molecule has 0 aliphatic carbocycles. The highest BCUT2D eigenvalue weighted by atomic mass is 79.9. The summed E-state index contributed by atoms with van der Waals surface area (Å²) in [6.07, 6.45) is 3.46. The molecule has 1 heterocycles. The summed E-state index contributed by atoms with van der Waals surface area (Å²) in [4.78, 5) is 17.2. The first kappa shape index (κ1) is 11.7. The van der Waals surface area contributed by atoms with Crippen LogP contribution in [-0.4, -0.2) is 29.4 Å². The van der Waals surface area contributed by atoms with Gasteiger partial charge in [-0.15, -0.1) is 0 Å². The molecule has 0 saturated carbocycles. The number of nitrogens with zero attached hydrogens (tertiary/aromatic N) is 3. The third kappa shape index (κ3) is 3.33. The number of hydrogen-bond acceptors (Lipinski definition) is 3. The van der Waals surface area contributed by atoms with Crippen molar-refractivity contribution in [2.24, 2.45) is 0 Å². The molecule has 0 fully saturated rings. The number of carbonyl (C=O) groups excluding carboxylic acids is 1. The average Bonchev–Trinajstić information content (AvgIpc) is 2.24. The zero-order valence-electron chi connectivity index (χ0n) is 8.27. The summed E-state index contributed by atoms with van der Waals surface area (Å²) in [6, 6.07) is 3.70. The predicted molar refractivity (Wildman–Crippen MR) is 59.1 cm³/mol. The van der Waals surface area contributed by atoms with Gasteiger partial charge in [0.25, 0.3) is 5.91 Å². The molecular weight excluding hydrogens is 258 g/mol. The molecule has 5 heteroatoms. The van der Waals surface area contributed by atoms with Gasteiger partial charge in [0.2, 0.25) is 0 Å². The molecule has 1 rings (SSSR count). The van der Waals surface area contributed by atoms with Crippen molar-refractivity contribution in [1.29, 1.82) is 5.26 Å². The summed E-state index contributed by atoms with van der Waals surface area (Å²) in [6.45, 7) is 0.432. The van der Waals surface area contributed by atoms with Crippen molar-refractivity contribution in [3.05, 3.63) is 28.5 Å². The lowest BCUT2D eigenvalue weighted by Gasteiger charge is -2.14. The van der Waals surface area contributed by atoms with Crippen LogP contribution < -0.4 is 0 Å². The van der Waals surface area contributed by atoms with Crippen molar-refractivity contribution in [2.45, 2.75) is 6.42 Å². The average molecular weight is 268 g/mol. The third-order valence-corrected chi connectivity index (χ3v) is 2.29. The topological polar surface area (TPSA) is 57.0 Å². The van der Waals surface area contributed by atoms with Gasteiger partial charge in [-0.2, -0.15) is 5.26 Å². The fraction of sp³-hybridized carbons (Fsp3) is 0.300. The predicted octanol–water partition coefficient (Wildman–Crippen LogP) is 1.83. The lowest BCUT2D eigenvalue weighted by atomic mass is 10.2. The normalized spacial score (nSPS) is 9.40. The van der Waals surface area contributed by atoms with Gasteiger partial charge in [-0.1, -0.05) is 0 Å². The molecule has 0 radical (unpaired) electrons. The fourth-order valence-electron chi connectivity index (χ4n) is 1.07. The third-order valence-electron chi connectivity index (χ3n) is 1.86. The van der Waals surface area contributed by atoms with Crippen molar-refractivity contribution >= 4 is 21.8 Å². The van der Waals surface area contributed by atoms with E-state index >= 15 is 0 Å². The van der Waals surface area contributed by atoms with Crippen LogP contribution in [0.3, 0.4) is 0 Å². The molecule has 0 N–H and O–H groups in total. The van der Waals surface area contributed by atoms with Gasteiger partial charge in [0, 0.05) is 30.5 Å². The second kappa shape index (κ2) is 5.47. The van der Waals surface area contributed by atoms with E-state index in [2.05, 4.69) is 20.9 Å². The summed E-state index contributed by atoms with van der Waals surface area (Å²) < 4.78 is 0.766. The summed E-state index contributed by atoms with van der Waals surface area (Å²) in [7, 11) is 1.67. The lowest BCUT2D eigenvalue weighted by Crippen LogP contribution is -2.27. The molecule has 0 aromatic carbocycles. The number of rotatable bonds is 3. The number of nitriles is 1. The van der Waals surface area contributed by atoms with Crippen molar-refractivity contribution in [3.8, 4) is 6.07 Å². The quantitative estimate of drug-likeness (QED) is 0.840. The maximum Gasteiger partial charge on any atom is 0.255 e. The van der Waals surface area contributed by atoms with Gasteiger partial charge in [0.05, 0.1) is 18.1 Å². The Morgan fingerprint density at radius 3 is 3.00 bits per heavy atom. The first-order valence-corrected chi connectivity index (χ1v) is 5.17. The van der Waals surface area contributed by atoms with Gasteiger partial charge >= 0.3 is 0 Å². The van der Waals surface area contributed by atoms with E-state index in [4.69, 9.17) is 5.26 Å². The first-order chi connectivity index (χ1) is 7.15. The Bertz CT molecular complexity index is 400. The number of pyridine rings is 1. The van der Waals surface area contributed by atoms with Crippen LogP contribution in [0.4, 0.5) is 0 Å². The van der Waals surface area contributed by atoms with Crippen LogP contribution in [0.25, 0.3) is 0 Å². The zero-order valence-corrected chi connectivity index (χ0v) is 9.86. The van der Waals surface area contributed by atoms with Crippen LogP contribution in [-0.2, 0) is 0 Å². The molecule has 0 bridgehead atoms. The maximum absolute atomic E-state index is 11.8. The van der Waals surface area contributed by atoms with Gasteiger partial charge in [-0.3, -0.25) is 9.78 Å². The zero-order chi connectivity index (χ0) is 11.3. The molecule has 0 aliphatic rings. The largest absolute Gasteiger partial charge is 0.341 e. The Morgan fingerprint density at radius 1 is 1.67 bits per heavy atom. The van der Waals surface area contributed by atoms with Crippen LogP contribution in [0.2, 0.25) is 0 Å². The molecule has 1 aromatic heterocycles. The van der Waals surface area contributed by atoms with Gasteiger partial charge in [0.1, 0.15) is 0 Å². The summed E-state index contributed by atoms with van der Waals surface area (Å²) in [5, 5.41) is 8.40. The summed E-state index contributed by atoms with van der Waals surface area (Å²) >= 11 is 3.25. The van der Waals surface area contributed by atoms with E-state index in [1.165, 1.54) is 11.1 Å². The monoisotopic (exact) mass is 267 g/mol. The van der Waals surface area contributed by atoms with Crippen molar-refractivity contribution in [2.75, 3.05) is 13.6 Å². The highest BCUT2D eigenvalue weighted by molar-refractivity contribution is 9.10. The van der Waals surface area contributed by atoms with E-state index in [-0.39, 0.29) is 5.91 Å². The van der Waals surface area contributed by atoms with E-state index in [1.54, 1.807) is 19.3 Å². The first-order valence-electron chi connectivity index (χ1n) is 4.38. The molecule has 78 valence electrons. The highest BCUT2D eigenvalue weighted by Crippen LogP contribution is 2.11. The molecule has 4 nitrogen and oxygen atoms in total. The minimum absolute atomic E-state index is 0.126. The number of halogens is 1. The minimum atomic E-state index is -0.126. The fourth-order valence-corrected chi connectivity index (χ4v) is 1.43.